The van der Waals surface area contributed by atoms with E-state index in [1.54, 1.807) is 0 Å². The molecule has 0 spiro atoms. The van der Waals surface area contributed by atoms with Crippen molar-refractivity contribution in [2.24, 2.45) is 23.2 Å². The third-order valence-electron chi connectivity index (χ3n) is 11.2. The highest BCUT2D eigenvalue weighted by Gasteiger charge is 2.51. The number of rotatable bonds is 9. The van der Waals surface area contributed by atoms with Crippen molar-refractivity contribution in [2.75, 3.05) is 0 Å². The summed E-state index contributed by atoms with van der Waals surface area (Å²) < 4.78 is 0. The first kappa shape index (κ1) is 29.5. The predicted molar refractivity (Wildman–Crippen MR) is 165 cm³/mol. The standard InChI is InChI=1S/C37H52O3/c1-5-6-8-27-11-15-30(16-12-27)37(21-22-37)35(40)19-10-25(2)32-17-18-33-28(9-7-20-36(32,33)4)13-14-29-23-31(38)24-34(39)26(29)3/h10-16,19,25,31-35,38-40H,3,5-9,17-18,20-24H2,1-2,4H3/b19-10+,28-13+,29-14-/t25-,31-,32-,33+,34+,35-,36-/m1/s1. The van der Waals surface area contributed by atoms with Crippen molar-refractivity contribution < 1.29 is 15.3 Å². The summed E-state index contributed by atoms with van der Waals surface area (Å²) in [4.78, 5) is 0. The number of fused-ring (bicyclic) bond motifs is 1. The molecule has 3 nitrogen and oxygen atoms in total. The van der Waals surface area contributed by atoms with E-state index < -0.39 is 18.3 Å². The first-order valence-corrected chi connectivity index (χ1v) is 16.1. The monoisotopic (exact) mass is 544 g/mol. The lowest BCUT2D eigenvalue weighted by Gasteiger charge is -2.44. The molecule has 218 valence electrons. The third kappa shape index (κ3) is 5.85. The Balaban J connectivity index is 1.25. The van der Waals surface area contributed by atoms with Crippen molar-refractivity contribution in [3.8, 4) is 0 Å². The van der Waals surface area contributed by atoms with E-state index in [0.29, 0.717) is 30.6 Å². The Hall–Kier alpha value is -1.94. The topological polar surface area (TPSA) is 60.7 Å². The molecular formula is C37H52O3. The second-order valence-corrected chi connectivity index (χ2v) is 13.8. The van der Waals surface area contributed by atoms with Crippen molar-refractivity contribution in [3.05, 3.63) is 83.0 Å². The first-order chi connectivity index (χ1) is 19.2. The normalized spacial score (nSPS) is 35.3. The fraction of sp³-hybridized carbons (Fsp3) is 0.622. The number of aryl methyl sites for hydroxylation is 1. The highest BCUT2D eigenvalue weighted by Crippen LogP contribution is 2.60. The molecule has 1 aromatic rings. The molecule has 1 aromatic carbocycles. The van der Waals surface area contributed by atoms with E-state index in [2.05, 4.69) is 75.9 Å². The lowest BCUT2D eigenvalue weighted by Crippen LogP contribution is -2.35. The average Bonchev–Trinajstić information content (AvgIpc) is 3.67. The Morgan fingerprint density at radius 1 is 1.05 bits per heavy atom. The average molecular weight is 545 g/mol. The molecule has 0 radical (unpaired) electrons. The molecule has 4 aliphatic carbocycles. The van der Waals surface area contributed by atoms with Crippen LogP contribution in [0.4, 0.5) is 0 Å². The van der Waals surface area contributed by atoms with E-state index in [1.165, 1.54) is 55.2 Å². The van der Waals surface area contributed by atoms with Crippen LogP contribution in [-0.4, -0.2) is 33.6 Å². The summed E-state index contributed by atoms with van der Waals surface area (Å²) in [5.41, 5.74) is 6.16. The molecule has 4 aliphatic rings. The molecule has 7 atom stereocenters. The van der Waals surface area contributed by atoms with Gasteiger partial charge in [0.25, 0.3) is 0 Å². The molecule has 0 heterocycles. The molecule has 0 saturated heterocycles. The maximum atomic E-state index is 11.3. The zero-order valence-electron chi connectivity index (χ0n) is 25.1. The van der Waals surface area contributed by atoms with Gasteiger partial charge in [0.05, 0.1) is 18.3 Å². The minimum Gasteiger partial charge on any atom is -0.393 e. The highest BCUT2D eigenvalue weighted by molar-refractivity contribution is 5.39. The van der Waals surface area contributed by atoms with Crippen LogP contribution >= 0.6 is 0 Å². The minimum atomic E-state index is -0.635. The van der Waals surface area contributed by atoms with Gasteiger partial charge in [-0.25, -0.2) is 0 Å². The Labute approximate surface area is 242 Å². The van der Waals surface area contributed by atoms with Gasteiger partial charge in [-0.15, -0.1) is 0 Å². The molecule has 3 N–H and O–H groups in total. The number of aliphatic hydroxyl groups is 3. The molecule has 0 bridgehead atoms. The second-order valence-electron chi connectivity index (χ2n) is 13.8. The van der Waals surface area contributed by atoms with Gasteiger partial charge in [-0.05, 0) is 110 Å². The Kier molecular flexibility index (Phi) is 8.95. The maximum Gasteiger partial charge on any atom is 0.0817 e. The number of unbranched alkanes of at least 4 members (excludes halogenated alkanes) is 1. The number of allylic oxidation sites excluding steroid dienone is 4. The summed E-state index contributed by atoms with van der Waals surface area (Å²) >= 11 is 0. The van der Waals surface area contributed by atoms with Gasteiger partial charge < -0.3 is 15.3 Å². The van der Waals surface area contributed by atoms with Crippen LogP contribution in [0.25, 0.3) is 0 Å². The lowest BCUT2D eigenvalue weighted by molar-refractivity contribution is 0.0862. The van der Waals surface area contributed by atoms with Gasteiger partial charge in [-0.3, -0.25) is 0 Å². The fourth-order valence-electron chi connectivity index (χ4n) is 8.48. The van der Waals surface area contributed by atoms with Crippen LogP contribution in [0.2, 0.25) is 0 Å². The zero-order valence-corrected chi connectivity index (χ0v) is 25.1. The zero-order chi connectivity index (χ0) is 28.5. The summed E-state index contributed by atoms with van der Waals surface area (Å²) in [6.07, 6.45) is 20.1. The summed E-state index contributed by atoms with van der Waals surface area (Å²) in [6, 6.07) is 9.05. The van der Waals surface area contributed by atoms with Crippen LogP contribution < -0.4 is 0 Å². The summed E-state index contributed by atoms with van der Waals surface area (Å²) in [6.45, 7) is 11.2. The van der Waals surface area contributed by atoms with Crippen LogP contribution in [0.15, 0.2) is 71.9 Å². The molecule has 0 amide bonds. The highest BCUT2D eigenvalue weighted by atomic mass is 16.3. The molecule has 0 unspecified atom stereocenters. The van der Waals surface area contributed by atoms with Crippen molar-refractivity contribution in [2.45, 2.75) is 122 Å². The second kappa shape index (κ2) is 12.1. The predicted octanol–water partition coefficient (Wildman–Crippen LogP) is 7.76. The number of hydrogen-bond acceptors (Lipinski definition) is 3. The summed E-state index contributed by atoms with van der Waals surface area (Å²) in [5, 5.41) is 31.7. The van der Waals surface area contributed by atoms with E-state index in [9.17, 15) is 15.3 Å². The van der Waals surface area contributed by atoms with E-state index >= 15 is 0 Å². The number of aliphatic hydroxyl groups excluding tert-OH is 3. The van der Waals surface area contributed by atoms with E-state index in [1.807, 2.05) is 0 Å². The molecule has 4 fully saturated rings. The summed E-state index contributed by atoms with van der Waals surface area (Å²) in [7, 11) is 0. The molecule has 0 aliphatic heterocycles. The smallest absolute Gasteiger partial charge is 0.0817 e. The van der Waals surface area contributed by atoms with Gasteiger partial charge in [-0.1, -0.05) is 87.9 Å². The Bertz CT molecular complexity index is 1140. The van der Waals surface area contributed by atoms with Crippen LogP contribution in [0, 0.1) is 23.2 Å². The summed E-state index contributed by atoms with van der Waals surface area (Å²) in [5.74, 6) is 1.62. The minimum absolute atomic E-state index is 0.0971. The van der Waals surface area contributed by atoms with Gasteiger partial charge in [0.15, 0.2) is 0 Å². The van der Waals surface area contributed by atoms with E-state index in [0.717, 1.165) is 36.8 Å². The SMILES string of the molecule is C=C1/C(=C\C=C2/CCC[C@]3(C)[C@@H]([C@H](C)/C=C/[C@@H](O)C4(c5ccc(CCCC)cc5)CC4)CC[C@@H]23)C[C@@H](O)C[C@@H]1O. The van der Waals surface area contributed by atoms with Crippen molar-refractivity contribution in [1.29, 1.82) is 0 Å². The van der Waals surface area contributed by atoms with Crippen molar-refractivity contribution >= 4 is 0 Å². The van der Waals surface area contributed by atoms with E-state index in [4.69, 9.17) is 0 Å². The number of hydrogen-bond donors (Lipinski definition) is 3. The van der Waals surface area contributed by atoms with Gasteiger partial charge >= 0.3 is 0 Å². The quantitative estimate of drug-likeness (QED) is 0.279. The molecule has 3 heteroatoms. The largest absolute Gasteiger partial charge is 0.393 e. The molecule has 4 saturated carbocycles. The van der Waals surface area contributed by atoms with Gasteiger partial charge in [0.1, 0.15) is 0 Å². The van der Waals surface area contributed by atoms with Crippen LogP contribution in [0.5, 0.6) is 0 Å². The Morgan fingerprint density at radius 3 is 2.50 bits per heavy atom. The first-order valence-electron chi connectivity index (χ1n) is 16.1. The van der Waals surface area contributed by atoms with Crippen molar-refractivity contribution in [1.82, 2.24) is 0 Å². The van der Waals surface area contributed by atoms with Gasteiger partial charge in [0, 0.05) is 11.8 Å². The van der Waals surface area contributed by atoms with E-state index in [-0.39, 0.29) is 10.8 Å². The van der Waals surface area contributed by atoms with Crippen LogP contribution in [-0.2, 0) is 11.8 Å². The Morgan fingerprint density at radius 2 is 1.80 bits per heavy atom. The fourth-order valence-corrected chi connectivity index (χ4v) is 8.48. The molecular weight excluding hydrogens is 492 g/mol. The van der Waals surface area contributed by atoms with Crippen LogP contribution in [0.3, 0.4) is 0 Å². The molecule has 0 aromatic heterocycles. The number of benzene rings is 1. The van der Waals surface area contributed by atoms with Gasteiger partial charge in [0.2, 0.25) is 0 Å². The lowest BCUT2D eigenvalue weighted by atomic mass is 9.61. The molecule has 5 rings (SSSR count). The van der Waals surface area contributed by atoms with Crippen LogP contribution in [0.1, 0.15) is 103 Å². The third-order valence-corrected chi connectivity index (χ3v) is 11.2. The molecule has 40 heavy (non-hydrogen) atoms. The van der Waals surface area contributed by atoms with Gasteiger partial charge in [-0.2, -0.15) is 0 Å². The maximum absolute atomic E-state index is 11.3. The van der Waals surface area contributed by atoms with Crippen molar-refractivity contribution in [3.63, 3.8) is 0 Å².